The number of nitrogens with one attached hydrogen (secondary N) is 2. The van der Waals surface area contributed by atoms with Gasteiger partial charge in [0.2, 0.25) is 0 Å². The molecule has 1 aliphatic carbocycles. The predicted octanol–water partition coefficient (Wildman–Crippen LogP) is 1.85. The van der Waals surface area contributed by atoms with Gasteiger partial charge in [-0.2, -0.15) is 5.10 Å². The van der Waals surface area contributed by atoms with Gasteiger partial charge in [-0.05, 0) is 31.7 Å². The maximum absolute atomic E-state index is 12.9. The molecule has 3 aromatic heterocycles. The molecule has 0 aromatic carbocycles. The van der Waals surface area contributed by atoms with Crippen LogP contribution in [-0.2, 0) is 9.47 Å². The van der Waals surface area contributed by atoms with Crippen LogP contribution in [0.2, 0.25) is 0 Å². The van der Waals surface area contributed by atoms with Crippen LogP contribution in [0.25, 0.3) is 16.7 Å². The number of hydrogen-bond acceptors (Lipinski definition) is 6. The number of hydrogen-bond donors (Lipinski definition) is 2. The summed E-state index contributed by atoms with van der Waals surface area (Å²) in [6, 6.07) is 1.99. The molecule has 0 aliphatic heterocycles. The number of H-pyrrole nitrogens is 1. The number of carbonyl (C=O) groups excluding carboxylic acids is 1. The van der Waals surface area contributed by atoms with Crippen molar-refractivity contribution in [1.82, 2.24) is 30.0 Å². The molecule has 1 saturated carbocycles. The highest BCUT2D eigenvalue weighted by atomic mass is 16.5. The zero-order valence-corrected chi connectivity index (χ0v) is 15.8. The first-order chi connectivity index (χ1) is 13.7. The van der Waals surface area contributed by atoms with E-state index in [0.717, 1.165) is 31.1 Å². The summed E-state index contributed by atoms with van der Waals surface area (Å²) in [5.41, 5.74) is 0.982. The largest absolute Gasteiger partial charge is 0.382 e. The topological polar surface area (TPSA) is 107 Å². The molecule has 3 heterocycles. The minimum atomic E-state index is -0.194. The summed E-state index contributed by atoms with van der Waals surface area (Å²) in [5.74, 6) is 0.437. The number of pyridine rings is 1. The highest BCUT2D eigenvalue weighted by molar-refractivity contribution is 6.04. The number of aromatic amines is 1. The van der Waals surface area contributed by atoms with Crippen molar-refractivity contribution in [2.45, 2.75) is 37.8 Å². The first kappa shape index (κ1) is 18.6. The number of nitrogens with zero attached hydrogens (tertiary/aromatic N) is 4. The Morgan fingerprint density at radius 2 is 2.18 bits per heavy atom. The van der Waals surface area contributed by atoms with Crippen molar-refractivity contribution < 1.29 is 14.3 Å². The van der Waals surface area contributed by atoms with Crippen molar-refractivity contribution in [3.05, 3.63) is 36.7 Å². The van der Waals surface area contributed by atoms with Crippen LogP contribution < -0.4 is 5.32 Å². The maximum atomic E-state index is 12.9. The van der Waals surface area contributed by atoms with E-state index in [2.05, 4.69) is 25.5 Å². The normalized spacial score (nSPS) is 19.8. The van der Waals surface area contributed by atoms with Gasteiger partial charge in [0.1, 0.15) is 12.1 Å². The Balaban J connectivity index is 1.44. The predicted molar refractivity (Wildman–Crippen MR) is 102 cm³/mol. The van der Waals surface area contributed by atoms with Gasteiger partial charge in [0.05, 0.1) is 31.0 Å². The molecule has 9 nitrogen and oxygen atoms in total. The summed E-state index contributed by atoms with van der Waals surface area (Å²) < 4.78 is 12.6. The van der Waals surface area contributed by atoms with E-state index >= 15 is 0 Å². The van der Waals surface area contributed by atoms with Crippen LogP contribution in [0.4, 0.5) is 0 Å². The molecular weight excluding hydrogens is 360 g/mol. The third-order valence-corrected chi connectivity index (χ3v) is 5.05. The summed E-state index contributed by atoms with van der Waals surface area (Å²) in [7, 11) is 1.67. The van der Waals surface area contributed by atoms with Gasteiger partial charge < -0.3 is 14.8 Å². The van der Waals surface area contributed by atoms with Gasteiger partial charge in [-0.15, -0.1) is 0 Å². The number of methoxy groups -OCH3 is 1. The molecule has 0 saturated heterocycles. The van der Waals surface area contributed by atoms with Crippen molar-refractivity contribution in [1.29, 1.82) is 0 Å². The number of imidazole rings is 1. The molecule has 0 bridgehead atoms. The standard InChI is InChI=1S/C19H24N6O3/c1-27-8-9-28-15-4-2-14(3-5-15)22-19(26)18-17-13(11-21-24-17)10-16(23-18)25-7-6-20-12-25/h6-7,10-12,14-15H,2-5,8-9H2,1H3,(H,21,24)(H,22,26)/t14-,15-. The van der Waals surface area contributed by atoms with Crippen LogP contribution in [0.15, 0.2) is 31.0 Å². The molecular formula is C19H24N6O3. The highest BCUT2D eigenvalue weighted by Crippen LogP contribution is 2.23. The number of ether oxygens (including phenoxy) is 2. The molecule has 28 heavy (non-hydrogen) atoms. The summed E-state index contributed by atoms with van der Waals surface area (Å²) in [6.45, 7) is 1.22. The average Bonchev–Trinajstić information content (AvgIpc) is 3.40. The number of rotatable bonds is 7. The van der Waals surface area contributed by atoms with Crippen LogP contribution in [0, 0.1) is 0 Å². The van der Waals surface area contributed by atoms with E-state index < -0.39 is 0 Å². The molecule has 0 atom stereocenters. The lowest BCUT2D eigenvalue weighted by Crippen LogP contribution is -2.39. The highest BCUT2D eigenvalue weighted by Gasteiger charge is 2.25. The second kappa shape index (κ2) is 8.49. The van der Waals surface area contributed by atoms with Gasteiger partial charge in [0, 0.05) is 30.9 Å². The SMILES string of the molecule is COCCO[C@H]1CC[C@H](NC(=O)c2nc(-n3ccnc3)cc3cn[nH]c23)CC1. The molecule has 1 aliphatic rings. The first-order valence-corrected chi connectivity index (χ1v) is 9.48. The van der Waals surface area contributed by atoms with E-state index in [-0.39, 0.29) is 18.1 Å². The van der Waals surface area contributed by atoms with E-state index in [4.69, 9.17) is 9.47 Å². The average molecular weight is 384 g/mol. The molecule has 1 fully saturated rings. The van der Waals surface area contributed by atoms with E-state index in [0.29, 0.717) is 30.2 Å². The Kier molecular flexibility index (Phi) is 5.63. The lowest BCUT2D eigenvalue weighted by molar-refractivity contribution is -0.00409. The Labute approximate surface area is 162 Å². The smallest absolute Gasteiger partial charge is 0.272 e. The molecule has 9 heteroatoms. The number of aromatic nitrogens is 5. The zero-order chi connectivity index (χ0) is 19.3. The van der Waals surface area contributed by atoms with Gasteiger partial charge in [-0.25, -0.2) is 9.97 Å². The molecule has 148 valence electrons. The monoisotopic (exact) mass is 384 g/mol. The third kappa shape index (κ3) is 4.05. The van der Waals surface area contributed by atoms with Gasteiger partial charge in [0.15, 0.2) is 5.69 Å². The fourth-order valence-electron chi connectivity index (χ4n) is 3.55. The van der Waals surface area contributed by atoms with Gasteiger partial charge in [-0.3, -0.25) is 14.5 Å². The van der Waals surface area contributed by atoms with Gasteiger partial charge in [-0.1, -0.05) is 0 Å². The fourth-order valence-corrected chi connectivity index (χ4v) is 3.55. The van der Waals surface area contributed by atoms with E-state index in [1.807, 2.05) is 6.07 Å². The second-order valence-electron chi connectivity index (χ2n) is 6.94. The van der Waals surface area contributed by atoms with E-state index in [9.17, 15) is 4.79 Å². The summed E-state index contributed by atoms with van der Waals surface area (Å²) in [4.78, 5) is 21.5. The van der Waals surface area contributed by atoms with Crippen LogP contribution in [0.5, 0.6) is 0 Å². The number of carbonyl (C=O) groups is 1. The van der Waals surface area contributed by atoms with Crippen molar-refractivity contribution in [3.63, 3.8) is 0 Å². The molecule has 0 radical (unpaired) electrons. The van der Waals surface area contributed by atoms with Gasteiger partial charge >= 0.3 is 0 Å². The Hall–Kier alpha value is -2.78. The molecule has 3 aromatic rings. The van der Waals surface area contributed by atoms with Crippen molar-refractivity contribution in [2.24, 2.45) is 0 Å². The van der Waals surface area contributed by atoms with E-state index in [1.54, 1.807) is 36.6 Å². The van der Waals surface area contributed by atoms with Crippen LogP contribution in [0.1, 0.15) is 36.2 Å². The minimum Gasteiger partial charge on any atom is -0.382 e. The van der Waals surface area contributed by atoms with Crippen molar-refractivity contribution in [2.75, 3.05) is 20.3 Å². The fraction of sp³-hybridized carbons (Fsp3) is 0.474. The van der Waals surface area contributed by atoms with Gasteiger partial charge in [0.25, 0.3) is 5.91 Å². The van der Waals surface area contributed by atoms with Crippen LogP contribution in [0.3, 0.4) is 0 Å². The Morgan fingerprint density at radius 3 is 2.93 bits per heavy atom. The van der Waals surface area contributed by atoms with Crippen molar-refractivity contribution in [3.8, 4) is 5.82 Å². The molecule has 1 amide bonds. The summed E-state index contributed by atoms with van der Waals surface area (Å²) in [5, 5.41) is 10.9. The zero-order valence-electron chi connectivity index (χ0n) is 15.8. The molecule has 2 N–H and O–H groups in total. The first-order valence-electron chi connectivity index (χ1n) is 9.48. The number of fused-ring (bicyclic) bond motifs is 1. The third-order valence-electron chi connectivity index (χ3n) is 5.05. The summed E-state index contributed by atoms with van der Waals surface area (Å²) >= 11 is 0. The summed E-state index contributed by atoms with van der Waals surface area (Å²) in [6.07, 6.45) is 10.7. The maximum Gasteiger partial charge on any atom is 0.272 e. The van der Waals surface area contributed by atoms with E-state index in [1.165, 1.54) is 0 Å². The van der Waals surface area contributed by atoms with Crippen molar-refractivity contribution >= 4 is 16.8 Å². The minimum absolute atomic E-state index is 0.117. The Bertz CT molecular complexity index is 915. The molecule has 4 rings (SSSR count). The second-order valence-corrected chi connectivity index (χ2v) is 6.94. The molecule has 0 spiro atoms. The lowest BCUT2D eigenvalue weighted by atomic mass is 9.93. The molecule has 0 unspecified atom stereocenters. The van der Waals surface area contributed by atoms with Crippen LogP contribution >= 0.6 is 0 Å². The van der Waals surface area contributed by atoms with Crippen LogP contribution in [-0.4, -0.2) is 63.1 Å². The Morgan fingerprint density at radius 1 is 1.32 bits per heavy atom. The quantitative estimate of drug-likeness (QED) is 0.602. The number of amides is 1. The lowest BCUT2D eigenvalue weighted by Gasteiger charge is -2.29.